The lowest BCUT2D eigenvalue weighted by atomic mass is 9.54. The molecule has 0 heterocycles. The summed E-state index contributed by atoms with van der Waals surface area (Å²) < 4.78 is 0. The Morgan fingerprint density at radius 2 is 1.27 bits per heavy atom. The third-order valence-corrected chi connectivity index (χ3v) is 12.0. The molecule has 0 radical (unpaired) electrons. The van der Waals surface area contributed by atoms with Crippen molar-refractivity contribution in [2.45, 2.75) is 44.9 Å². The minimum Gasteiger partial charge on any atom is -0.198 e. The second-order valence-corrected chi connectivity index (χ2v) is 11.9. The molecule has 26 heavy (non-hydrogen) atoms. The van der Waals surface area contributed by atoms with Gasteiger partial charge in [0.1, 0.15) is 0 Å². The second-order valence-electron chi connectivity index (χ2n) is 11.9. The number of allylic oxidation sites excluding steroid dienone is 2. The molecule has 15 unspecified atom stereocenters. The maximum atomic E-state index is 9.07. The fourth-order valence-corrected chi connectivity index (χ4v) is 12.2. The van der Waals surface area contributed by atoms with Gasteiger partial charge in [-0.3, -0.25) is 0 Å². The molecule has 0 amide bonds. The van der Waals surface area contributed by atoms with Crippen LogP contribution in [0, 0.1) is 100 Å². The lowest BCUT2D eigenvalue weighted by molar-refractivity contribution is -0.0279. The quantitative estimate of drug-likeness (QED) is 0.501. The number of nitriles is 1. The Balaban J connectivity index is 1.15. The summed E-state index contributed by atoms with van der Waals surface area (Å²) in [7, 11) is 0. The molecule has 8 aliphatic rings. The van der Waals surface area contributed by atoms with Crippen LogP contribution < -0.4 is 0 Å². The first kappa shape index (κ1) is 14.3. The van der Waals surface area contributed by atoms with Gasteiger partial charge in [-0.25, -0.2) is 0 Å². The monoisotopic (exact) mass is 345 g/mol. The van der Waals surface area contributed by atoms with Crippen LogP contribution in [0.3, 0.4) is 0 Å². The molecule has 8 bridgehead atoms. The summed E-state index contributed by atoms with van der Waals surface area (Å²) in [6, 6.07) is 2.44. The minimum absolute atomic E-state index is 0.815. The van der Waals surface area contributed by atoms with Crippen molar-refractivity contribution in [2.75, 3.05) is 0 Å². The van der Waals surface area contributed by atoms with Crippen LogP contribution in [0.4, 0.5) is 0 Å². The smallest absolute Gasteiger partial charge is 0.0621 e. The van der Waals surface area contributed by atoms with Gasteiger partial charge in [0.2, 0.25) is 0 Å². The highest BCUT2D eigenvalue weighted by Crippen LogP contribution is 2.81. The van der Waals surface area contributed by atoms with Gasteiger partial charge in [-0.05, 0) is 127 Å². The Kier molecular flexibility index (Phi) is 2.44. The summed E-state index contributed by atoms with van der Waals surface area (Å²) in [6.45, 7) is 0. The topological polar surface area (TPSA) is 23.8 Å². The first-order valence-electron chi connectivity index (χ1n) is 11.9. The van der Waals surface area contributed by atoms with Crippen LogP contribution >= 0.6 is 0 Å². The average molecular weight is 346 g/mol. The average Bonchev–Trinajstić information content (AvgIpc) is 3.44. The summed E-state index contributed by atoms with van der Waals surface area (Å²) in [5, 5.41) is 9.07. The largest absolute Gasteiger partial charge is 0.198 e. The Labute approximate surface area is 157 Å². The highest BCUT2D eigenvalue weighted by atomic mass is 14.8. The van der Waals surface area contributed by atoms with Gasteiger partial charge in [0.05, 0.1) is 6.07 Å². The summed E-state index contributed by atoms with van der Waals surface area (Å²) in [5.41, 5.74) is 0. The van der Waals surface area contributed by atoms with Crippen molar-refractivity contribution in [3.8, 4) is 6.07 Å². The van der Waals surface area contributed by atoms with Gasteiger partial charge in [0, 0.05) is 6.42 Å². The molecule has 7 saturated carbocycles. The lowest BCUT2D eigenvalue weighted by Crippen LogP contribution is -2.46. The Bertz CT molecular complexity index is 746. The van der Waals surface area contributed by atoms with Crippen molar-refractivity contribution in [1.29, 1.82) is 5.26 Å². The van der Waals surface area contributed by atoms with Crippen LogP contribution in [-0.4, -0.2) is 0 Å². The van der Waals surface area contributed by atoms with Crippen molar-refractivity contribution in [3.63, 3.8) is 0 Å². The molecule has 0 N–H and O–H groups in total. The zero-order chi connectivity index (χ0) is 16.7. The van der Waals surface area contributed by atoms with E-state index in [1.165, 1.54) is 19.3 Å². The van der Waals surface area contributed by atoms with Gasteiger partial charge in [0.15, 0.2) is 0 Å². The van der Waals surface area contributed by atoms with E-state index in [0.29, 0.717) is 0 Å². The van der Waals surface area contributed by atoms with Crippen molar-refractivity contribution in [1.82, 2.24) is 0 Å². The minimum atomic E-state index is 0.815. The molecule has 0 aromatic carbocycles. The predicted molar refractivity (Wildman–Crippen MR) is 99.4 cm³/mol. The number of hydrogen-bond donors (Lipinski definition) is 0. The summed E-state index contributed by atoms with van der Waals surface area (Å²) in [4.78, 5) is 0. The fraction of sp³-hybridized carbons (Fsp3) is 0.880. The first-order chi connectivity index (χ1) is 12.8. The zero-order valence-corrected chi connectivity index (χ0v) is 15.7. The van der Waals surface area contributed by atoms with Gasteiger partial charge in [-0.2, -0.15) is 5.26 Å². The van der Waals surface area contributed by atoms with Crippen LogP contribution in [0.1, 0.15) is 44.9 Å². The van der Waals surface area contributed by atoms with E-state index < -0.39 is 0 Å². The molecular weight excluding hydrogens is 314 g/mol. The number of fused-ring (bicyclic) bond motifs is 23. The van der Waals surface area contributed by atoms with Crippen LogP contribution in [0.5, 0.6) is 0 Å². The maximum Gasteiger partial charge on any atom is 0.0621 e. The Morgan fingerprint density at radius 3 is 1.96 bits per heavy atom. The third-order valence-electron chi connectivity index (χ3n) is 12.0. The van der Waals surface area contributed by atoms with E-state index in [1.54, 1.807) is 19.3 Å². The Hall–Kier alpha value is -0.770. The van der Waals surface area contributed by atoms with E-state index in [0.717, 1.165) is 95.2 Å². The molecule has 15 atom stereocenters. The molecule has 0 aromatic heterocycles. The number of rotatable bonds is 2. The molecule has 8 rings (SSSR count). The third kappa shape index (κ3) is 1.35. The van der Waals surface area contributed by atoms with Gasteiger partial charge in [-0.1, -0.05) is 12.2 Å². The highest BCUT2D eigenvalue weighted by Gasteiger charge is 2.75. The predicted octanol–water partition coefficient (Wildman–Crippen LogP) is 5.15. The lowest BCUT2D eigenvalue weighted by Gasteiger charge is -2.50. The van der Waals surface area contributed by atoms with Gasteiger partial charge in [-0.15, -0.1) is 0 Å². The van der Waals surface area contributed by atoms with Crippen LogP contribution in [0.2, 0.25) is 0 Å². The summed E-state index contributed by atoms with van der Waals surface area (Å²) >= 11 is 0. The fourth-order valence-electron chi connectivity index (χ4n) is 12.2. The summed E-state index contributed by atoms with van der Waals surface area (Å²) in [6.07, 6.45) is 15.2. The van der Waals surface area contributed by atoms with Crippen molar-refractivity contribution in [2.24, 2.45) is 88.8 Å². The van der Waals surface area contributed by atoms with Gasteiger partial charge in [0.25, 0.3) is 0 Å². The number of hydrogen-bond acceptors (Lipinski definition) is 1. The van der Waals surface area contributed by atoms with Gasteiger partial charge < -0.3 is 0 Å². The van der Waals surface area contributed by atoms with Crippen LogP contribution in [0.25, 0.3) is 0 Å². The van der Waals surface area contributed by atoms with E-state index in [1.807, 2.05) is 0 Å². The molecule has 0 spiro atoms. The molecule has 7 fully saturated rings. The van der Waals surface area contributed by atoms with Crippen LogP contribution in [-0.2, 0) is 0 Å². The first-order valence-corrected chi connectivity index (χ1v) is 11.9. The molecule has 1 heteroatoms. The van der Waals surface area contributed by atoms with E-state index in [4.69, 9.17) is 5.26 Å². The molecule has 136 valence electrons. The van der Waals surface area contributed by atoms with Crippen LogP contribution in [0.15, 0.2) is 12.2 Å². The molecule has 0 aromatic rings. The van der Waals surface area contributed by atoms with Crippen molar-refractivity contribution >= 4 is 0 Å². The van der Waals surface area contributed by atoms with E-state index in [9.17, 15) is 0 Å². The molecule has 0 aliphatic heterocycles. The van der Waals surface area contributed by atoms with Crippen molar-refractivity contribution in [3.05, 3.63) is 12.2 Å². The molecule has 1 nitrogen and oxygen atoms in total. The van der Waals surface area contributed by atoms with Crippen molar-refractivity contribution < 1.29 is 0 Å². The summed E-state index contributed by atoms with van der Waals surface area (Å²) in [5.74, 6) is 16.3. The Morgan fingerprint density at radius 1 is 0.654 bits per heavy atom. The second kappa shape index (κ2) is 4.45. The standard InChI is InChI=1S/C25H31N/c26-5-1-2-11-6-14-8-15(11)23-19-10-18(22(14)23)24-16-9-17(25(19)24)21-13-4-3-12(7-13)20(16)21/h3-4,11-25H,1-2,6-10H2. The molecule has 0 saturated heterocycles. The molecular formula is C25H31N. The van der Waals surface area contributed by atoms with Gasteiger partial charge >= 0.3 is 0 Å². The SMILES string of the molecule is N#CCCC1CC2CC1C1C3CC(C21)C1C2CC(C4C5C=CC(C5)C24)C31. The maximum absolute atomic E-state index is 9.07. The number of nitrogens with zero attached hydrogens (tertiary/aromatic N) is 1. The van der Waals surface area contributed by atoms with E-state index in [2.05, 4.69) is 18.2 Å². The normalized spacial score (nSPS) is 69.3. The van der Waals surface area contributed by atoms with E-state index in [-0.39, 0.29) is 0 Å². The zero-order valence-electron chi connectivity index (χ0n) is 15.7. The van der Waals surface area contributed by atoms with E-state index >= 15 is 0 Å². The highest BCUT2D eigenvalue weighted by molar-refractivity contribution is 5.27. The molecule has 8 aliphatic carbocycles.